The highest BCUT2D eigenvalue weighted by molar-refractivity contribution is 5.02. The fourth-order valence-electron chi connectivity index (χ4n) is 0.670. The van der Waals surface area contributed by atoms with Gasteiger partial charge in [0.15, 0.2) is 6.20 Å². The molecular weight excluding hydrogens is 144 g/mol. The first kappa shape index (κ1) is 7.81. The van der Waals surface area contributed by atoms with Crippen LogP contribution in [0.15, 0.2) is 24.4 Å². The van der Waals surface area contributed by atoms with Crippen molar-refractivity contribution in [3.05, 3.63) is 29.6 Å². The van der Waals surface area contributed by atoms with E-state index in [1.807, 2.05) is 0 Å². The van der Waals surface area contributed by atoms with Gasteiger partial charge >= 0.3 is 5.88 Å². The van der Waals surface area contributed by atoms with E-state index in [4.69, 9.17) is 4.84 Å². The molecule has 0 aliphatic carbocycles. The van der Waals surface area contributed by atoms with Crippen molar-refractivity contribution in [2.24, 2.45) is 0 Å². The minimum atomic E-state index is 0.275. The fourth-order valence-corrected chi connectivity index (χ4v) is 0.670. The van der Waals surface area contributed by atoms with Crippen LogP contribution < -0.4 is 9.57 Å². The summed E-state index contributed by atoms with van der Waals surface area (Å²) in [5.41, 5.74) is 0. The van der Waals surface area contributed by atoms with Crippen molar-refractivity contribution in [1.29, 1.82) is 0 Å². The molecule has 0 bridgehead atoms. The number of pyridine rings is 1. The number of hydrogen-bond donors (Lipinski definition) is 0. The second-order valence-corrected chi connectivity index (χ2v) is 2.27. The zero-order valence-corrected chi connectivity index (χ0v) is 6.52. The van der Waals surface area contributed by atoms with Gasteiger partial charge in [0.25, 0.3) is 0 Å². The molecule has 0 N–H and O–H groups in total. The molecule has 60 valence electrons. The topological polar surface area (TPSA) is 39.4 Å². The Balaban J connectivity index is 2.78. The van der Waals surface area contributed by atoms with Crippen molar-refractivity contribution in [1.82, 2.24) is 5.06 Å². The molecule has 1 heterocycles. The fraction of sp³-hybridized carbons (Fsp3) is 0.286. The lowest BCUT2D eigenvalue weighted by Crippen LogP contribution is -2.31. The average Bonchev–Trinajstić information content (AvgIpc) is 1.93. The molecule has 0 saturated heterocycles. The summed E-state index contributed by atoms with van der Waals surface area (Å²) in [6, 6.07) is 5.00. The van der Waals surface area contributed by atoms with E-state index in [0.29, 0.717) is 4.73 Å². The Bertz CT molecular complexity index is 238. The van der Waals surface area contributed by atoms with E-state index >= 15 is 0 Å². The van der Waals surface area contributed by atoms with Crippen LogP contribution in [0.2, 0.25) is 0 Å². The van der Waals surface area contributed by atoms with E-state index in [1.165, 1.54) is 11.3 Å². The molecule has 0 spiro atoms. The molecule has 0 radical (unpaired) electrons. The first-order valence-corrected chi connectivity index (χ1v) is 3.23. The highest BCUT2D eigenvalue weighted by Gasteiger charge is 2.04. The maximum atomic E-state index is 10.9. The summed E-state index contributed by atoms with van der Waals surface area (Å²) < 4.78 is 0.667. The molecule has 0 aliphatic rings. The van der Waals surface area contributed by atoms with E-state index in [1.54, 1.807) is 32.3 Å². The molecule has 0 amide bonds. The summed E-state index contributed by atoms with van der Waals surface area (Å²) in [7, 11) is 3.43. The first-order valence-electron chi connectivity index (χ1n) is 3.23. The standard InChI is InChI=1S/C7H10N2O2/c1-8(2)11-7-5-3-4-6-9(7)10/h3-6H,1-2H3. The normalized spacial score (nSPS) is 10.1. The van der Waals surface area contributed by atoms with Gasteiger partial charge in [0.2, 0.25) is 0 Å². The first-order chi connectivity index (χ1) is 5.20. The molecule has 0 aliphatic heterocycles. The van der Waals surface area contributed by atoms with E-state index < -0.39 is 0 Å². The molecular formula is C7H10N2O2. The lowest BCUT2D eigenvalue weighted by Gasteiger charge is -2.09. The van der Waals surface area contributed by atoms with Gasteiger partial charge in [-0.2, -0.15) is 0 Å². The van der Waals surface area contributed by atoms with E-state index in [2.05, 4.69) is 0 Å². The smallest absolute Gasteiger partial charge is 0.398 e. The molecule has 1 rings (SSSR count). The van der Waals surface area contributed by atoms with Crippen molar-refractivity contribution in [3.8, 4) is 5.88 Å². The van der Waals surface area contributed by atoms with Crippen molar-refractivity contribution in [2.75, 3.05) is 14.1 Å². The Morgan fingerprint density at radius 3 is 2.73 bits per heavy atom. The Morgan fingerprint density at radius 1 is 1.45 bits per heavy atom. The van der Waals surface area contributed by atoms with Crippen LogP contribution in [0.5, 0.6) is 5.88 Å². The Kier molecular flexibility index (Phi) is 2.28. The van der Waals surface area contributed by atoms with Crippen LogP contribution in [0.1, 0.15) is 0 Å². The zero-order chi connectivity index (χ0) is 8.27. The van der Waals surface area contributed by atoms with Crippen LogP contribution in [-0.4, -0.2) is 19.2 Å². The maximum Gasteiger partial charge on any atom is 0.398 e. The Morgan fingerprint density at radius 2 is 2.18 bits per heavy atom. The second-order valence-electron chi connectivity index (χ2n) is 2.27. The highest BCUT2D eigenvalue weighted by Crippen LogP contribution is 2.00. The van der Waals surface area contributed by atoms with Crippen LogP contribution in [0.25, 0.3) is 0 Å². The molecule has 0 unspecified atom stereocenters. The van der Waals surface area contributed by atoms with Gasteiger partial charge in [-0.1, -0.05) is 0 Å². The van der Waals surface area contributed by atoms with Crippen molar-refractivity contribution < 1.29 is 9.57 Å². The van der Waals surface area contributed by atoms with Crippen LogP contribution in [0, 0.1) is 5.21 Å². The van der Waals surface area contributed by atoms with E-state index in [9.17, 15) is 5.21 Å². The summed E-state index contributed by atoms with van der Waals surface area (Å²) in [5, 5.41) is 12.4. The van der Waals surface area contributed by atoms with Crippen LogP contribution >= 0.6 is 0 Å². The van der Waals surface area contributed by atoms with Crippen LogP contribution in [0.3, 0.4) is 0 Å². The Labute approximate surface area is 65.2 Å². The van der Waals surface area contributed by atoms with Gasteiger partial charge in [0, 0.05) is 20.2 Å². The van der Waals surface area contributed by atoms with Crippen molar-refractivity contribution in [2.45, 2.75) is 0 Å². The third-order valence-electron chi connectivity index (χ3n) is 1.06. The molecule has 1 aromatic heterocycles. The average molecular weight is 154 g/mol. The number of hydroxylamine groups is 2. The summed E-state index contributed by atoms with van der Waals surface area (Å²) in [6.07, 6.45) is 1.39. The van der Waals surface area contributed by atoms with Gasteiger partial charge < -0.3 is 10.0 Å². The van der Waals surface area contributed by atoms with Crippen LogP contribution in [0.4, 0.5) is 0 Å². The summed E-state index contributed by atoms with van der Waals surface area (Å²) in [4.78, 5) is 5.03. The SMILES string of the molecule is CN(C)Oc1cccc[n+]1[O-]. The minimum absolute atomic E-state index is 0.275. The predicted molar refractivity (Wildman–Crippen MR) is 39.7 cm³/mol. The number of nitrogens with zero attached hydrogens (tertiary/aromatic N) is 2. The van der Waals surface area contributed by atoms with Crippen LogP contribution in [-0.2, 0) is 0 Å². The largest absolute Gasteiger partial charge is 0.616 e. The zero-order valence-electron chi connectivity index (χ0n) is 6.52. The highest BCUT2D eigenvalue weighted by atomic mass is 16.7. The summed E-state index contributed by atoms with van der Waals surface area (Å²) in [6.45, 7) is 0. The molecule has 4 heteroatoms. The van der Waals surface area contributed by atoms with Crippen molar-refractivity contribution in [3.63, 3.8) is 0 Å². The minimum Gasteiger partial charge on any atom is -0.616 e. The molecule has 1 aromatic rings. The van der Waals surface area contributed by atoms with Crippen molar-refractivity contribution >= 4 is 0 Å². The number of rotatable bonds is 2. The van der Waals surface area contributed by atoms with Gasteiger partial charge in [0.05, 0.1) is 6.07 Å². The molecule has 0 fully saturated rings. The summed E-state index contributed by atoms with van der Waals surface area (Å²) >= 11 is 0. The second kappa shape index (κ2) is 3.21. The third kappa shape index (κ3) is 2.09. The third-order valence-corrected chi connectivity index (χ3v) is 1.06. The Hall–Kier alpha value is -1.29. The van der Waals surface area contributed by atoms with Gasteiger partial charge in [-0.25, -0.2) is 0 Å². The number of hydrogen-bond acceptors (Lipinski definition) is 3. The number of aromatic nitrogens is 1. The lowest BCUT2D eigenvalue weighted by atomic mass is 10.5. The molecule has 0 atom stereocenters. The predicted octanol–water partition coefficient (Wildman–Crippen LogP) is 0.175. The molecule has 0 aromatic carbocycles. The molecule has 0 saturated carbocycles. The van der Waals surface area contributed by atoms with E-state index in [0.717, 1.165) is 0 Å². The molecule has 4 nitrogen and oxygen atoms in total. The van der Waals surface area contributed by atoms with Gasteiger partial charge in [0.1, 0.15) is 0 Å². The summed E-state index contributed by atoms with van der Waals surface area (Å²) in [5.74, 6) is 0.275. The lowest BCUT2D eigenvalue weighted by molar-refractivity contribution is -0.617. The van der Waals surface area contributed by atoms with E-state index in [-0.39, 0.29) is 5.88 Å². The van der Waals surface area contributed by atoms with Gasteiger partial charge in [-0.15, -0.1) is 9.79 Å². The monoisotopic (exact) mass is 154 g/mol. The van der Waals surface area contributed by atoms with Gasteiger partial charge in [-0.3, -0.25) is 0 Å². The van der Waals surface area contributed by atoms with Gasteiger partial charge in [-0.05, 0) is 6.07 Å². The quantitative estimate of drug-likeness (QED) is 0.346. The maximum absolute atomic E-state index is 10.9. The molecule has 11 heavy (non-hydrogen) atoms.